The third-order valence-electron chi connectivity index (χ3n) is 3.01. The molecule has 7 heteroatoms. The third-order valence-corrected chi connectivity index (χ3v) is 4.48. The van der Waals surface area contributed by atoms with Gasteiger partial charge >= 0.3 is 0 Å². The van der Waals surface area contributed by atoms with E-state index in [2.05, 4.69) is 31.4 Å². The predicted molar refractivity (Wildman–Crippen MR) is 94.9 cm³/mol. The van der Waals surface area contributed by atoms with Crippen LogP contribution in [0.25, 0.3) is 5.69 Å². The van der Waals surface area contributed by atoms with Crippen molar-refractivity contribution in [3.8, 4) is 5.69 Å². The fraction of sp³-hybridized carbons (Fsp3) is 0.0625. The lowest BCUT2D eigenvalue weighted by Crippen LogP contribution is -2.14. The van der Waals surface area contributed by atoms with Crippen molar-refractivity contribution in [2.75, 3.05) is 11.1 Å². The van der Waals surface area contributed by atoms with Gasteiger partial charge in [-0.1, -0.05) is 45.9 Å². The second-order valence-corrected chi connectivity index (χ2v) is 6.52. The van der Waals surface area contributed by atoms with E-state index in [0.717, 1.165) is 15.8 Å². The van der Waals surface area contributed by atoms with Gasteiger partial charge < -0.3 is 5.32 Å². The van der Waals surface area contributed by atoms with Crippen molar-refractivity contribution in [2.45, 2.75) is 5.16 Å². The number of nitrogens with zero attached hydrogens (tertiary/aromatic N) is 3. The van der Waals surface area contributed by atoms with Gasteiger partial charge in [0.1, 0.15) is 6.33 Å². The maximum Gasteiger partial charge on any atom is 0.234 e. The monoisotopic (exact) mass is 388 g/mol. The molecular weight excluding hydrogens is 376 g/mol. The number of aromatic nitrogens is 3. The summed E-state index contributed by atoms with van der Waals surface area (Å²) in [4.78, 5) is 12.0. The Kier molecular flexibility index (Phi) is 5.09. The Morgan fingerprint density at radius 1 is 1.13 bits per heavy atom. The predicted octanol–water partition coefficient (Wildman–Crippen LogP) is 3.76. The Bertz CT molecular complexity index is 789. The van der Waals surface area contributed by atoms with E-state index in [9.17, 15) is 4.79 Å². The van der Waals surface area contributed by atoms with Gasteiger partial charge in [-0.2, -0.15) is 0 Å². The first kappa shape index (κ1) is 15.8. The molecule has 1 amide bonds. The van der Waals surface area contributed by atoms with Gasteiger partial charge in [0.25, 0.3) is 0 Å². The molecule has 0 unspecified atom stereocenters. The zero-order valence-corrected chi connectivity index (χ0v) is 14.4. The molecule has 0 atom stereocenters. The largest absolute Gasteiger partial charge is 0.325 e. The average molecular weight is 389 g/mol. The highest BCUT2D eigenvalue weighted by atomic mass is 79.9. The molecule has 116 valence electrons. The zero-order valence-electron chi connectivity index (χ0n) is 12.0. The summed E-state index contributed by atoms with van der Waals surface area (Å²) >= 11 is 4.71. The molecular formula is C16H13BrN4OS. The molecule has 3 aromatic rings. The van der Waals surface area contributed by atoms with E-state index < -0.39 is 0 Å². The van der Waals surface area contributed by atoms with Gasteiger partial charge in [0, 0.05) is 15.8 Å². The van der Waals surface area contributed by atoms with Crippen molar-refractivity contribution < 1.29 is 4.79 Å². The molecule has 0 saturated heterocycles. The molecule has 0 saturated carbocycles. The molecule has 0 radical (unpaired) electrons. The van der Waals surface area contributed by atoms with Gasteiger partial charge in [0.2, 0.25) is 5.91 Å². The number of rotatable bonds is 5. The van der Waals surface area contributed by atoms with E-state index >= 15 is 0 Å². The van der Waals surface area contributed by atoms with Gasteiger partial charge in [-0.15, -0.1) is 10.2 Å². The summed E-state index contributed by atoms with van der Waals surface area (Å²) in [5.74, 6) is 0.182. The van der Waals surface area contributed by atoms with Gasteiger partial charge in [-0.25, -0.2) is 0 Å². The Morgan fingerprint density at radius 2 is 1.87 bits per heavy atom. The van der Waals surface area contributed by atoms with Crippen molar-refractivity contribution in [1.82, 2.24) is 14.8 Å². The Labute approximate surface area is 146 Å². The van der Waals surface area contributed by atoms with Crippen LogP contribution in [0, 0.1) is 0 Å². The number of halogens is 1. The number of carbonyl (C=O) groups is 1. The van der Waals surface area contributed by atoms with Crippen molar-refractivity contribution in [3.05, 3.63) is 65.4 Å². The van der Waals surface area contributed by atoms with Crippen LogP contribution in [-0.4, -0.2) is 26.4 Å². The highest BCUT2D eigenvalue weighted by Gasteiger charge is 2.10. The summed E-state index contributed by atoms with van der Waals surface area (Å²) in [6.07, 6.45) is 1.64. The molecule has 1 N–H and O–H groups in total. The van der Waals surface area contributed by atoms with E-state index in [-0.39, 0.29) is 11.7 Å². The topological polar surface area (TPSA) is 59.8 Å². The number of amides is 1. The molecule has 2 aromatic carbocycles. The van der Waals surface area contributed by atoms with Crippen molar-refractivity contribution in [3.63, 3.8) is 0 Å². The molecule has 0 fully saturated rings. The summed E-state index contributed by atoms with van der Waals surface area (Å²) < 4.78 is 2.83. The summed E-state index contributed by atoms with van der Waals surface area (Å²) in [5.41, 5.74) is 1.73. The van der Waals surface area contributed by atoms with E-state index in [4.69, 9.17) is 0 Å². The minimum Gasteiger partial charge on any atom is -0.325 e. The number of carbonyl (C=O) groups excluding carboxylic acids is 1. The summed E-state index contributed by atoms with van der Waals surface area (Å²) in [6, 6.07) is 17.2. The van der Waals surface area contributed by atoms with Gasteiger partial charge in [0.15, 0.2) is 5.16 Å². The van der Waals surface area contributed by atoms with Crippen LogP contribution >= 0.6 is 27.7 Å². The number of anilines is 1. The Balaban J connectivity index is 1.62. The summed E-state index contributed by atoms with van der Waals surface area (Å²) in [5, 5.41) is 11.5. The summed E-state index contributed by atoms with van der Waals surface area (Å²) in [6.45, 7) is 0. The van der Waals surface area contributed by atoms with Crippen LogP contribution in [0.1, 0.15) is 0 Å². The van der Waals surface area contributed by atoms with E-state index in [1.807, 2.05) is 59.2 Å². The number of hydrogen-bond donors (Lipinski definition) is 1. The number of thioether (sulfide) groups is 1. The summed E-state index contributed by atoms with van der Waals surface area (Å²) in [7, 11) is 0. The first-order valence-electron chi connectivity index (χ1n) is 6.86. The Morgan fingerprint density at radius 3 is 2.61 bits per heavy atom. The van der Waals surface area contributed by atoms with E-state index in [1.165, 1.54) is 11.8 Å². The molecule has 0 aliphatic heterocycles. The van der Waals surface area contributed by atoms with Crippen molar-refractivity contribution in [1.29, 1.82) is 0 Å². The van der Waals surface area contributed by atoms with Crippen LogP contribution in [0.2, 0.25) is 0 Å². The number of hydrogen-bond acceptors (Lipinski definition) is 4. The third kappa shape index (κ3) is 4.20. The lowest BCUT2D eigenvalue weighted by atomic mass is 10.3. The first-order chi connectivity index (χ1) is 11.2. The minimum absolute atomic E-state index is 0.0834. The van der Waals surface area contributed by atoms with E-state index in [1.54, 1.807) is 6.33 Å². The SMILES string of the molecule is O=C(CSc1nncn1-c1ccccc1)Nc1ccc(Br)cc1. The fourth-order valence-corrected chi connectivity index (χ4v) is 2.94. The molecule has 0 aliphatic carbocycles. The lowest BCUT2D eigenvalue weighted by Gasteiger charge is -2.07. The standard InChI is InChI=1S/C16H13BrN4OS/c17-12-6-8-13(9-7-12)19-15(22)10-23-16-20-18-11-21(16)14-4-2-1-3-5-14/h1-9,11H,10H2,(H,19,22). The van der Waals surface area contributed by atoms with Gasteiger partial charge in [0.05, 0.1) is 5.75 Å². The molecule has 1 heterocycles. The molecule has 0 bridgehead atoms. The van der Waals surface area contributed by atoms with Crippen molar-refractivity contribution >= 4 is 39.3 Å². The average Bonchev–Trinajstić information content (AvgIpc) is 3.04. The molecule has 5 nitrogen and oxygen atoms in total. The van der Waals surface area contributed by atoms with Crippen LogP contribution in [0.3, 0.4) is 0 Å². The zero-order chi connectivity index (χ0) is 16.1. The highest BCUT2D eigenvalue weighted by molar-refractivity contribution is 9.10. The van der Waals surface area contributed by atoms with Crippen LogP contribution < -0.4 is 5.32 Å². The normalized spacial score (nSPS) is 10.5. The molecule has 3 rings (SSSR count). The second-order valence-electron chi connectivity index (χ2n) is 4.66. The molecule has 1 aromatic heterocycles. The maximum atomic E-state index is 12.0. The van der Waals surface area contributed by atoms with E-state index in [0.29, 0.717) is 5.16 Å². The second kappa shape index (κ2) is 7.43. The van der Waals surface area contributed by atoms with Crippen LogP contribution in [0.5, 0.6) is 0 Å². The quantitative estimate of drug-likeness (QED) is 0.675. The number of benzene rings is 2. The van der Waals surface area contributed by atoms with Crippen LogP contribution in [0.15, 0.2) is 70.6 Å². The number of para-hydroxylation sites is 1. The maximum absolute atomic E-state index is 12.0. The molecule has 23 heavy (non-hydrogen) atoms. The fourth-order valence-electron chi connectivity index (χ4n) is 1.95. The van der Waals surface area contributed by atoms with Crippen LogP contribution in [-0.2, 0) is 4.79 Å². The first-order valence-corrected chi connectivity index (χ1v) is 8.64. The van der Waals surface area contributed by atoms with Crippen molar-refractivity contribution in [2.24, 2.45) is 0 Å². The Hall–Kier alpha value is -2.12. The number of nitrogens with one attached hydrogen (secondary N) is 1. The molecule has 0 spiro atoms. The van der Waals surface area contributed by atoms with Gasteiger partial charge in [-0.3, -0.25) is 9.36 Å². The highest BCUT2D eigenvalue weighted by Crippen LogP contribution is 2.20. The smallest absolute Gasteiger partial charge is 0.234 e. The lowest BCUT2D eigenvalue weighted by molar-refractivity contribution is -0.113. The minimum atomic E-state index is -0.0834. The van der Waals surface area contributed by atoms with Gasteiger partial charge in [-0.05, 0) is 36.4 Å². The molecule has 0 aliphatic rings. The van der Waals surface area contributed by atoms with Crippen LogP contribution in [0.4, 0.5) is 5.69 Å².